The van der Waals surface area contributed by atoms with E-state index >= 15 is 0 Å². The molecule has 0 aliphatic carbocycles. The Bertz CT molecular complexity index is 753. The molecule has 3 rings (SSSR count). The topological polar surface area (TPSA) is 65.6 Å². The number of nitrogens with one attached hydrogen (secondary N) is 1. The molecular weight excluding hydrogens is 306 g/mol. The molecule has 6 heteroatoms. The van der Waals surface area contributed by atoms with Crippen LogP contribution in [-0.4, -0.2) is 59.4 Å². The van der Waals surface area contributed by atoms with Crippen molar-refractivity contribution in [1.29, 1.82) is 0 Å². The van der Waals surface area contributed by atoms with Crippen LogP contribution in [0.5, 0.6) is 5.75 Å². The van der Waals surface area contributed by atoms with Crippen molar-refractivity contribution in [2.75, 3.05) is 32.8 Å². The smallest absolute Gasteiger partial charge is 0.270 e. The van der Waals surface area contributed by atoms with Gasteiger partial charge in [0.1, 0.15) is 11.4 Å². The summed E-state index contributed by atoms with van der Waals surface area (Å²) in [6.07, 6.45) is 0.806. The Kier molecular flexibility index (Phi) is 4.74. The van der Waals surface area contributed by atoms with Gasteiger partial charge in [-0.25, -0.2) is 0 Å². The van der Waals surface area contributed by atoms with Gasteiger partial charge in [-0.3, -0.25) is 9.59 Å². The van der Waals surface area contributed by atoms with Crippen LogP contribution >= 0.6 is 0 Å². The third-order valence-electron chi connectivity index (χ3n) is 4.36. The minimum absolute atomic E-state index is 0.0189. The van der Waals surface area contributed by atoms with E-state index in [9.17, 15) is 9.59 Å². The van der Waals surface area contributed by atoms with Crippen molar-refractivity contribution in [3.63, 3.8) is 0 Å². The van der Waals surface area contributed by atoms with Crippen LogP contribution in [0.4, 0.5) is 0 Å². The summed E-state index contributed by atoms with van der Waals surface area (Å²) in [5, 5.41) is 0.988. The summed E-state index contributed by atoms with van der Waals surface area (Å²) in [7, 11) is 0. The molecule has 2 aromatic rings. The van der Waals surface area contributed by atoms with Gasteiger partial charge < -0.3 is 19.5 Å². The van der Waals surface area contributed by atoms with E-state index in [0.717, 1.165) is 23.1 Å². The molecule has 2 amide bonds. The molecule has 1 saturated heterocycles. The van der Waals surface area contributed by atoms with Crippen LogP contribution in [0.25, 0.3) is 10.9 Å². The molecule has 0 bridgehead atoms. The molecule has 1 aliphatic heterocycles. The summed E-state index contributed by atoms with van der Waals surface area (Å²) in [5.74, 6) is 0.839. The van der Waals surface area contributed by atoms with E-state index in [2.05, 4.69) is 4.98 Å². The first-order valence-electron chi connectivity index (χ1n) is 8.39. The lowest BCUT2D eigenvalue weighted by Crippen LogP contribution is -2.36. The Morgan fingerprint density at radius 3 is 2.62 bits per heavy atom. The van der Waals surface area contributed by atoms with Crippen molar-refractivity contribution in [2.45, 2.75) is 20.3 Å². The second-order valence-electron chi connectivity index (χ2n) is 6.02. The van der Waals surface area contributed by atoms with Gasteiger partial charge in [0.05, 0.1) is 6.61 Å². The van der Waals surface area contributed by atoms with Crippen molar-refractivity contribution >= 4 is 22.7 Å². The molecule has 0 unspecified atom stereocenters. The fourth-order valence-corrected chi connectivity index (χ4v) is 3.08. The predicted octanol–water partition coefficient (Wildman–Crippen LogP) is 2.26. The van der Waals surface area contributed by atoms with Gasteiger partial charge in [0.15, 0.2) is 0 Å². The number of hydrogen-bond donors (Lipinski definition) is 1. The zero-order chi connectivity index (χ0) is 17.1. The lowest BCUT2D eigenvalue weighted by molar-refractivity contribution is -0.128. The highest BCUT2D eigenvalue weighted by Crippen LogP contribution is 2.22. The van der Waals surface area contributed by atoms with Crippen LogP contribution in [0.15, 0.2) is 24.3 Å². The molecule has 0 atom stereocenters. The normalized spacial score (nSPS) is 15.4. The number of amides is 2. The number of benzene rings is 1. The van der Waals surface area contributed by atoms with Gasteiger partial charge in [-0.15, -0.1) is 0 Å². The number of carbonyl (C=O) groups is 2. The van der Waals surface area contributed by atoms with Crippen molar-refractivity contribution in [3.8, 4) is 5.75 Å². The number of hydrogen-bond acceptors (Lipinski definition) is 3. The molecule has 1 aromatic heterocycles. The minimum Gasteiger partial charge on any atom is -0.494 e. The summed E-state index contributed by atoms with van der Waals surface area (Å²) in [5.41, 5.74) is 1.47. The lowest BCUT2D eigenvalue weighted by Gasteiger charge is -2.20. The van der Waals surface area contributed by atoms with Crippen LogP contribution in [0, 0.1) is 0 Å². The molecule has 1 aromatic carbocycles. The van der Waals surface area contributed by atoms with Gasteiger partial charge >= 0.3 is 0 Å². The average molecular weight is 329 g/mol. The lowest BCUT2D eigenvalue weighted by atomic mass is 10.2. The fourth-order valence-electron chi connectivity index (χ4n) is 3.08. The molecule has 24 heavy (non-hydrogen) atoms. The summed E-state index contributed by atoms with van der Waals surface area (Å²) in [6, 6.07) is 7.65. The number of fused-ring (bicyclic) bond motifs is 1. The number of nitrogens with zero attached hydrogens (tertiary/aromatic N) is 2. The fraction of sp³-hybridized carbons (Fsp3) is 0.444. The molecule has 1 aliphatic rings. The second-order valence-corrected chi connectivity index (χ2v) is 6.02. The molecule has 0 spiro atoms. The largest absolute Gasteiger partial charge is 0.494 e. The molecule has 2 heterocycles. The summed E-state index contributed by atoms with van der Waals surface area (Å²) >= 11 is 0. The maximum atomic E-state index is 12.8. The summed E-state index contributed by atoms with van der Waals surface area (Å²) < 4.78 is 5.50. The standard InChI is InChI=1S/C18H23N3O3/c1-3-24-15-6-5-14-11-17(19-16(14)12-15)18(23)21-8-4-7-20(9-10-21)13(2)22/h5-6,11-12,19H,3-4,7-10H2,1-2H3. The van der Waals surface area contributed by atoms with Gasteiger partial charge in [0.2, 0.25) is 5.91 Å². The van der Waals surface area contributed by atoms with Crippen molar-refractivity contribution in [1.82, 2.24) is 14.8 Å². The van der Waals surface area contributed by atoms with Gasteiger partial charge in [0.25, 0.3) is 5.91 Å². The van der Waals surface area contributed by atoms with E-state index in [-0.39, 0.29) is 11.8 Å². The van der Waals surface area contributed by atoms with Crippen LogP contribution in [0.1, 0.15) is 30.8 Å². The number of carbonyl (C=O) groups excluding carboxylic acids is 2. The third kappa shape index (κ3) is 3.37. The monoisotopic (exact) mass is 329 g/mol. The number of H-pyrrole nitrogens is 1. The zero-order valence-electron chi connectivity index (χ0n) is 14.2. The zero-order valence-corrected chi connectivity index (χ0v) is 14.2. The van der Waals surface area contributed by atoms with Crippen LogP contribution in [0.2, 0.25) is 0 Å². The van der Waals surface area contributed by atoms with Crippen molar-refractivity contribution in [2.24, 2.45) is 0 Å². The van der Waals surface area contributed by atoms with Crippen molar-refractivity contribution in [3.05, 3.63) is 30.0 Å². The van der Waals surface area contributed by atoms with Crippen LogP contribution in [0.3, 0.4) is 0 Å². The Hall–Kier alpha value is -2.50. The Balaban J connectivity index is 1.77. The molecule has 0 saturated carbocycles. The summed E-state index contributed by atoms with van der Waals surface area (Å²) in [6.45, 7) is 6.67. The van der Waals surface area contributed by atoms with Gasteiger partial charge in [-0.2, -0.15) is 0 Å². The first-order valence-corrected chi connectivity index (χ1v) is 8.39. The van der Waals surface area contributed by atoms with Crippen LogP contribution < -0.4 is 4.74 Å². The van der Waals surface area contributed by atoms with Crippen molar-refractivity contribution < 1.29 is 14.3 Å². The highest BCUT2D eigenvalue weighted by atomic mass is 16.5. The highest BCUT2D eigenvalue weighted by Gasteiger charge is 2.22. The number of aromatic nitrogens is 1. The Labute approximate surface area is 141 Å². The maximum absolute atomic E-state index is 12.8. The SMILES string of the molecule is CCOc1ccc2cc(C(=O)N3CCCN(C(C)=O)CC3)[nH]c2c1. The number of ether oxygens (including phenoxy) is 1. The quantitative estimate of drug-likeness (QED) is 0.939. The van der Waals surface area contributed by atoms with Crippen LogP contribution in [-0.2, 0) is 4.79 Å². The molecular formula is C18H23N3O3. The second kappa shape index (κ2) is 6.95. The molecule has 1 fully saturated rings. The van der Waals surface area contributed by atoms with Gasteiger partial charge in [-0.05, 0) is 31.5 Å². The molecule has 128 valence electrons. The van der Waals surface area contributed by atoms with E-state index in [1.54, 1.807) is 11.8 Å². The van der Waals surface area contributed by atoms with Gasteiger partial charge in [0, 0.05) is 50.1 Å². The predicted molar refractivity (Wildman–Crippen MR) is 92.2 cm³/mol. The summed E-state index contributed by atoms with van der Waals surface area (Å²) in [4.78, 5) is 31.1. The molecule has 1 N–H and O–H groups in total. The maximum Gasteiger partial charge on any atom is 0.270 e. The number of aromatic amines is 1. The van der Waals surface area contributed by atoms with E-state index < -0.39 is 0 Å². The minimum atomic E-state index is -0.0189. The first kappa shape index (κ1) is 16.4. The van der Waals surface area contributed by atoms with Gasteiger partial charge in [-0.1, -0.05) is 0 Å². The van der Waals surface area contributed by atoms with E-state index in [1.165, 1.54) is 0 Å². The number of rotatable bonds is 3. The van der Waals surface area contributed by atoms with E-state index in [0.29, 0.717) is 38.5 Å². The van der Waals surface area contributed by atoms with E-state index in [1.807, 2.05) is 36.1 Å². The molecule has 6 nitrogen and oxygen atoms in total. The molecule has 0 radical (unpaired) electrons. The Morgan fingerprint density at radius 1 is 1.12 bits per heavy atom. The Morgan fingerprint density at radius 2 is 1.88 bits per heavy atom. The highest BCUT2D eigenvalue weighted by molar-refractivity contribution is 5.98. The first-order chi connectivity index (χ1) is 11.6. The van der Waals surface area contributed by atoms with E-state index in [4.69, 9.17) is 4.74 Å². The third-order valence-corrected chi connectivity index (χ3v) is 4.36. The average Bonchev–Trinajstić information content (AvgIpc) is 2.82.